The van der Waals surface area contributed by atoms with Crippen LogP contribution in [0.25, 0.3) is 0 Å². The molecule has 0 saturated heterocycles. The van der Waals surface area contributed by atoms with Crippen molar-refractivity contribution in [2.24, 2.45) is 0 Å². The van der Waals surface area contributed by atoms with E-state index in [1.54, 1.807) is 0 Å². The van der Waals surface area contributed by atoms with Gasteiger partial charge in [0.1, 0.15) is 0 Å². The summed E-state index contributed by atoms with van der Waals surface area (Å²) in [6.07, 6.45) is 0.856. The highest BCUT2D eigenvalue weighted by Gasteiger charge is 2.03. The minimum Gasteiger partial charge on any atom is -0.351 e. The molecule has 2 aromatic carbocycles. The number of rotatable bonds is 7. The number of carbonyl (C=O) groups excluding carboxylic acids is 1. The lowest BCUT2D eigenvalue weighted by Gasteiger charge is -2.08. The molecule has 0 fully saturated rings. The molecular formula is C17H18Cl2N2O. The summed E-state index contributed by atoms with van der Waals surface area (Å²) in [4.78, 5) is 11.7. The largest absolute Gasteiger partial charge is 0.351 e. The van der Waals surface area contributed by atoms with E-state index in [0.29, 0.717) is 11.6 Å². The maximum Gasteiger partial charge on any atom is 0.234 e. The summed E-state index contributed by atoms with van der Waals surface area (Å²) in [6, 6.07) is 15.2. The molecule has 116 valence electrons. The van der Waals surface area contributed by atoms with Gasteiger partial charge < -0.3 is 10.6 Å². The van der Waals surface area contributed by atoms with Crippen LogP contribution in [0.1, 0.15) is 11.1 Å². The van der Waals surface area contributed by atoms with E-state index >= 15 is 0 Å². The number of hydrogen-bond donors (Lipinski definition) is 2. The second-order valence-electron chi connectivity index (χ2n) is 4.92. The van der Waals surface area contributed by atoms with E-state index in [4.69, 9.17) is 23.2 Å². The molecule has 3 nitrogen and oxygen atoms in total. The Morgan fingerprint density at radius 1 is 1.00 bits per heavy atom. The minimum atomic E-state index is -0.0453. The predicted molar refractivity (Wildman–Crippen MR) is 91.3 cm³/mol. The number of nitrogens with one attached hydrogen (secondary N) is 2. The first-order chi connectivity index (χ1) is 10.6. The lowest BCUT2D eigenvalue weighted by molar-refractivity contribution is -0.120. The van der Waals surface area contributed by atoms with Crippen molar-refractivity contribution in [1.82, 2.24) is 10.6 Å². The van der Waals surface area contributed by atoms with Gasteiger partial charge in [0.05, 0.1) is 6.54 Å². The molecule has 2 N–H and O–H groups in total. The van der Waals surface area contributed by atoms with Gasteiger partial charge in [0.25, 0.3) is 0 Å². The molecule has 0 bridgehead atoms. The molecule has 5 heteroatoms. The van der Waals surface area contributed by atoms with Crippen LogP contribution >= 0.6 is 23.2 Å². The van der Waals surface area contributed by atoms with Crippen molar-refractivity contribution in [3.05, 3.63) is 69.7 Å². The van der Waals surface area contributed by atoms with Gasteiger partial charge >= 0.3 is 0 Å². The summed E-state index contributed by atoms with van der Waals surface area (Å²) in [5.74, 6) is -0.0453. The van der Waals surface area contributed by atoms with E-state index in [1.165, 1.54) is 5.56 Å². The molecule has 0 aliphatic rings. The number of halogens is 2. The van der Waals surface area contributed by atoms with E-state index in [1.807, 2.05) is 48.5 Å². The van der Waals surface area contributed by atoms with Crippen LogP contribution in [0.15, 0.2) is 48.5 Å². The van der Waals surface area contributed by atoms with E-state index < -0.39 is 0 Å². The van der Waals surface area contributed by atoms with Crippen LogP contribution in [0.5, 0.6) is 0 Å². The highest BCUT2D eigenvalue weighted by Crippen LogP contribution is 2.14. The third kappa shape index (κ3) is 5.68. The van der Waals surface area contributed by atoms with Gasteiger partial charge in [-0.25, -0.2) is 0 Å². The molecule has 0 heterocycles. The number of amides is 1. The smallest absolute Gasteiger partial charge is 0.234 e. The topological polar surface area (TPSA) is 41.1 Å². The Hall–Kier alpha value is -1.55. The Morgan fingerprint density at radius 3 is 2.45 bits per heavy atom. The summed E-state index contributed by atoms with van der Waals surface area (Å²) in [6.45, 7) is 1.47. The Morgan fingerprint density at radius 2 is 1.73 bits per heavy atom. The van der Waals surface area contributed by atoms with Crippen LogP contribution in [0.2, 0.25) is 10.0 Å². The zero-order chi connectivity index (χ0) is 15.8. The van der Waals surface area contributed by atoms with Crippen molar-refractivity contribution in [3.8, 4) is 0 Å². The molecule has 0 radical (unpaired) electrons. The highest BCUT2D eigenvalue weighted by atomic mass is 35.5. The maximum atomic E-state index is 11.7. The van der Waals surface area contributed by atoms with E-state index in [-0.39, 0.29) is 12.5 Å². The van der Waals surface area contributed by atoms with Gasteiger partial charge in [0.2, 0.25) is 5.91 Å². The van der Waals surface area contributed by atoms with Crippen molar-refractivity contribution in [3.63, 3.8) is 0 Å². The standard InChI is InChI=1S/C17H18Cl2N2O/c18-15-7-5-13(6-8-15)9-10-20-12-17(22)21-11-14-3-1-2-4-16(14)19/h1-8,20H,9-12H2,(H,21,22). The van der Waals surface area contributed by atoms with Crippen molar-refractivity contribution in [2.75, 3.05) is 13.1 Å². The SMILES string of the molecule is O=C(CNCCc1ccc(Cl)cc1)NCc1ccccc1Cl. The molecule has 22 heavy (non-hydrogen) atoms. The Kier molecular flexibility index (Phi) is 6.72. The summed E-state index contributed by atoms with van der Waals surface area (Å²) in [7, 11) is 0. The summed E-state index contributed by atoms with van der Waals surface area (Å²) in [5.41, 5.74) is 2.10. The van der Waals surface area contributed by atoms with E-state index in [9.17, 15) is 4.79 Å². The van der Waals surface area contributed by atoms with Gasteiger partial charge in [0, 0.05) is 16.6 Å². The second kappa shape index (κ2) is 8.79. The molecule has 0 unspecified atom stereocenters. The molecular weight excluding hydrogens is 319 g/mol. The summed E-state index contributed by atoms with van der Waals surface area (Å²) >= 11 is 11.9. The Labute approximate surface area is 140 Å². The summed E-state index contributed by atoms with van der Waals surface area (Å²) in [5, 5.41) is 7.36. The Balaban J connectivity index is 1.64. The number of carbonyl (C=O) groups is 1. The normalized spacial score (nSPS) is 10.5. The predicted octanol–water partition coefficient (Wildman–Crippen LogP) is 3.44. The monoisotopic (exact) mass is 336 g/mol. The number of hydrogen-bond acceptors (Lipinski definition) is 2. The average molecular weight is 337 g/mol. The van der Waals surface area contributed by atoms with Crippen LogP contribution < -0.4 is 10.6 Å². The van der Waals surface area contributed by atoms with Crippen molar-refractivity contribution >= 4 is 29.1 Å². The highest BCUT2D eigenvalue weighted by molar-refractivity contribution is 6.31. The third-order valence-corrected chi connectivity index (χ3v) is 3.84. The van der Waals surface area contributed by atoms with Crippen LogP contribution in [-0.2, 0) is 17.8 Å². The Bertz CT molecular complexity index is 614. The van der Waals surface area contributed by atoms with E-state index in [0.717, 1.165) is 23.6 Å². The van der Waals surface area contributed by atoms with Crippen LogP contribution in [0.4, 0.5) is 0 Å². The fourth-order valence-electron chi connectivity index (χ4n) is 1.98. The molecule has 0 aliphatic heterocycles. The quantitative estimate of drug-likeness (QED) is 0.760. The molecule has 0 aliphatic carbocycles. The fraction of sp³-hybridized carbons (Fsp3) is 0.235. The molecule has 2 aromatic rings. The van der Waals surface area contributed by atoms with Gasteiger partial charge in [-0.2, -0.15) is 0 Å². The van der Waals surface area contributed by atoms with Gasteiger partial charge in [-0.05, 0) is 42.3 Å². The third-order valence-electron chi connectivity index (χ3n) is 3.22. The summed E-state index contributed by atoms with van der Waals surface area (Å²) < 4.78 is 0. The van der Waals surface area contributed by atoms with E-state index in [2.05, 4.69) is 10.6 Å². The van der Waals surface area contributed by atoms with Crippen molar-refractivity contribution < 1.29 is 4.79 Å². The average Bonchev–Trinajstić information content (AvgIpc) is 2.52. The van der Waals surface area contributed by atoms with Gasteiger partial charge in [-0.3, -0.25) is 4.79 Å². The number of benzene rings is 2. The molecule has 0 spiro atoms. The van der Waals surface area contributed by atoms with Crippen LogP contribution in [0, 0.1) is 0 Å². The lowest BCUT2D eigenvalue weighted by Crippen LogP contribution is -2.34. The molecule has 0 aromatic heterocycles. The lowest BCUT2D eigenvalue weighted by atomic mass is 10.1. The van der Waals surface area contributed by atoms with Gasteiger partial charge in [-0.15, -0.1) is 0 Å². The first-order valence-corrected chi connectivity index (χ1v) is 7.86. The zero-order valence-electron chi connectivity index (χ0n) is 12.1. The molecule has 2 rings (SSSR count). The molecule has 0 atom stereocenters. The fourth-order valence-corrected chi connectivity index (χ4v) is 2.31. The van der Waals surface area contributed by atoms with Gasteiger partial charge in [-0.1, -0.05) is 53.5 Å². The van der Waals surface area contributed by atoms with Crippen molar-refractivity contribution in [1.29, 1.82) is 0 Å². The minimum absolute atomic E-state index is 0.0453. The van der Waals surface area contributed by atoms with Crippen LogP contribution in [-0.4, -0.2) is 19.0 Å². The first-order valence-electron chi connectivity index (χ1n) is 7.10. The zero-order valence-corrected chi connectivity index (χ0v) is 13.6. The molecule has 1 amide bonds. The second-order valence-corrected chi connectivity index (χ2v) is 5.77. The first kappa shape index (κ1) is 16.8. The van der Waals surface area contributed by atoms with Crippen molar-refractivity contribution in [2.45, 2.75) is 13.0 Å². The van der Waals surface area contributed by atoms with Crippen LogP contribution in [0.3, 0.4) is 0 Å². The maximum absolute atomic E-state index is 11.7. The molecule has 0 saturated carbocycles. The van der Waals surface area contributed by atoms with Gasteiger partial charge in [0.15, 0.2) is 0 Å².